The van der Waals surface area contributed by atoms with Crippen LogP contribution in [0.5, 0.6) is 0 Å². The summed E-state index contributed by atoms with van der Waals surface area (Å²) < 4.78 is 0. The highest BCUT2D eigenvalue weighted by Crippen LogP contribution is 2.26. The number of rotatable bonds is 4. The Hall–Kier alpha value is -1.58. The zero-order valence-electron chi connectivity index (χ0n) is 9.73. The van der Waals surface area contributed by atoms with Gasteiger partial charge >= 0.3 is 0 Å². The number of amides is 1. The Morgan fingerprint density at radius 3 is 2.81 bits per heavy atom. The Labute approximate surface area is 95.7 Å². The van der Waals surface area contributed by atoms with Gasteiger partial charge in [-0.3, -0.25) is 4.79 Å². The molecule has 16 heavy (non-hydrogen) atoms. The molecule has 1 saturated carbocycles. The maximum Gasteiger partial charge on any atom is 0.272 e. The largest absolute Gasteiger partial charge is 0.384 e. The number of nitrogens with one attached hydrogen (secondary N) is 1. The Morgan fingerprint density at radius 1 is 1.56 bits per heavy atom. The summed E-state index contributed by atoms with van der Waals surface area (Å²) in [6.07, 6.45) is 3.95. The fourth-order valence-electron chi connectivity index (χ4n) is 1.64. The van der Waals surface area contributed by atoms with Crippen molar-refractivity contribution in [2.24, 2.45) is 0 Å². The average Bonchev–Trinajstić information content (AvgIpc) is 3.12. The van der Waals surface area contributed by atoms with Crippen LogP contribution in [0.2, 0.25) is 0 Å². The molecule has 0 bridgehead atoms. The fourth-order valence-corrected chi connectivity index (χ4v) is 1.64. The molecule has 4 nitrogen and oxygen atoms in total. The molecule has 4 heteroatoms. The number of hydrogen-bond acceptors (Lipinski definition) is 3. The van der Waals surface area contributed by atoms with Crippen LogP contribution in [0, 0.1) is 0 Å². The van der Waals surface area contributed by atoms with E-state index >= 15 is 0 Å². The fraction of sp³-hybridized carbons (Fsp3) is 0.500. The lowest BCUT2D eigenvalue weighted by Gasteiger charge is -2.15. The van der Waals surface area contributed by atoms with Gasteiger partial charge in [-0.15, -0.1) is 0 Å². The topological polar surface area (TPSA) is 45.2 Å². The van der Waals surface area contributed by atoms with Gasteiger partial charge in [0.2, 0.25) is 0 Å². The molecule has 0 aliphatic heterocycles. The van der Waals surface area contributed by atoms with Crippen molar-refractivity contribution < 1.29 is 4.79 Å². The molecule has 0 spiro atoms. The molecule has 0 radical (unpaired) electrons. The Morgan fingerprint density at radius 2 is 2.31 bits per heavy atom. The molecule has 1 aliphatic rings. The molecular weight excluding hydrogens is 202 g/mol. The number of nitrogens with zero attached hydrogens (tertiary/aromatic N) is 2. The maximum atomic E-state index is 11.9. The number of aromatic nitrogens is 1. The van der Waals surface area contributed by atoms with E-state index in [0.29, 0.717) is 11.7 Å². The van der Waals surface area contributed by atoms with Crippen LogP contribution in [0.25, 0.3) is 0 Å². The highest BCUT2D eigenvalue weighted by Gasteiger charge is 2.30. The van der Waals surface area contributed by atoms with Gasteiger partial charge in [-0.25, -0.2) is 4.98 Å². The summed E-state index contributed by atoms with van der Waals surface area (Å²) in [7, 11) is 1.85. The molecule has 1 heterocycles. The van der Waals surface area contributed by atoms with Crippen molar-refractivity contribution in [1.29, 1.82) is 0 Å². The van der Waals surface area contributed by atoms with Crippen molar-refractivity contribution in [2.45, 2.75) is 25.8 Å². The first-order valence-corrected chi connectivity index (χ1v) is 5.69. The first-order valence-electron chi connectivity index (χ1n) is 5.69. The molecule has 1 N–H and O–H groups in total. The van der Waals surface area contributed by atoms with Crippen molar-refractivity contribution in [3.8, 4) is 0 Å². The van der Waals surface area contributed by atoms with Crippen molar-refractivity contribution in [2.75, 3.05) is 18.9 Å². The minimum absolute atomic E-state index is 0.0190. The SMILES string of the molecule is CCNc1ccc(C(=O)N(C)C2CC2)nc1. The third-order valence-corrected chi connectivity index (χ3v) is 2.78. The molecule has 1 aliphatic carbocycles. The van der Waals surface area contributed by atoms with Crippen LogP contribution in [-0.4, -0.2) is 35.4 Å². The van der Waals surface area contributed by atoms with E-state index in [-0.39, 0.29) is 5.91 Å². The van der Waals surface area contributed by atoms with Crippen LogP contribution >= 0.6 is 0 Å². The van der Waals surface area contributed by atoms with E-state index in [1.807, 2.05) is 20.0 Å². The first-order chi connectivity index (χ1) is 7.72. The molecule has 0 aromatic carbocycles. The molecule has 0 saturated heterocycles. The van der Waals surface area contributed by atoms with E-state index < -0.39 is 0 Å². The van der Waals surface area contributed by atoms with Crippen molar-refractivity contribution in [3.05, 3.63) is 24.0 Å². The Kier molecular flexibility index (Phi) is 3.08. The number of anilines is 1. The second-order valence-electron chi connectivity index (χ2n) is 4.11. The zero-order valence-corrected chi connectivity index (χ0v) is 9.73. The Balaban J connectivity index is 2.05. The molecule has 0 unspecified atom stereocenters. The van der Waals surface area contributed by atoms with Crippen LogP contribution in [0.1, 0.15) is 30.3 Å². The monoisotopic (exact) mass is 219 g/mol. The predicted molar refractivity (Wildman–Crippen MR) is 63.5 cm³/mol. The summed E-state index contributed by atoms with van der Waals surface area (Å²) in [6.45, 7) is 2.89. The summed E-state index contributed by atoms with van der Waals surface area (Å²) in [5, 5.41) is 3.15. The second kappa shape index (κ2) is 4.51. The highest BCUT2D eigenvalue weighted by atomic mass is 16.2. The van der Waals surface area contributed by atoms with Gasteiger partial charge in [0.25, 0.3) is 5.91 Å². The van der Waals surface area contributed by atoms with Crippen LogP contribution in [0.3, 0.4) is 0 Å². The lowest BCUT2D eigenvalue weighted by Crippen LogP contribution is -2.29. The lowest BCUT2D eigenvalue weighted by atomic mass is 10.3. The normalized spacial score (nSPS) is 14.6. The van der Waals surface area contributed by atoms with Gasteiger partial charge in [-0.2, -0.15) is 0 Å². The molecule has 86 valence electrons. The number of carbonyl (C=O) groups excluding carboxylic acids is 1. The minimum Gasteiger partial charge on any atom is -0.384 e. The summed E-state index contributed by atoms with van der Waals surface area (Å²) >= 11 is 0. The van der Waals surface area contributed by atoms with Gasteiger partial charge in [0.1, 0.15) is 5.69 Å². The number of pyridine rings is 1. The number of hydrogen-bond donors (Lipinski definition) is 1. The molecular formula is C12H17N3O. The molecule has 1 amide bonds. The average molecular weight is 219 g/mol. The van der Waals surface area contributed by atoms with Crippen molar-refractivity contribution in [1.82, 2.24) is 9.88 Å². The van der Waals surface area contributed by atoms with E-state index in [0.717, 1.165) is 25.1 Å². The minimum atomic E-state index is 0.0190. The Bertz CT molecular complexity index is 370. The summed E-state index contributed by atoms with van der Waals surface area (Å²) in [5.74, 6) is 0.0190. The maximum absolute atomic E-state index is 11.9. The van der Waals surface area contributed by atoms with Crippen LogP contribution in [-0.2, 0) is 0 Å². The highest BCUT2D eigenvalue weighted by molar-refractivity contribution is 5.92. The lowest BCUT2D eigenvalue weighted by molar-refractivity contribution is 0.0779. The van der Waals surface area contributed by atoms with E-state index in [1.165, 1.54) is 0 Å². The van der Waals surface area contributed by atoms with Crippen molar-refractivity contribution >= 4 is 11.6 Å². The van der Waals surface area contributed by atoms with Crippen molar-refractivity contribution in [3.63, 3.8) is 0 Å². The van der Waals surface area contributed by atoms with Gasteiger partial charge in [0.15, 0.2) is 0 Å². The van der Waals surface area contributed by atoms with E-state index in [2.05, 4.69) is 10.3 Å². The quantitative estimate of drug-likeness (QED) is 0.839. The predicted octanol–water partition coefficient (Wildman–Crippen LogP) is 1.75. The van der Waals surface area contributed by atoms with E-state index in [9.17, 15) is 4.79 Å². The van der Waals surface area contributed by atoms with Gasteiger partial charge in [0.05, 0.1) is 11.9 Å². The standard InChI is InChI=1S/C12H17N3O/c1-3-13-9-4-7-11(14-8-9)12(16)15(2)10-5-6-10/h4,7-8,10,13H,3,5-6H2,1-2H3. The van der Waals surface area contributed by atoms with Gasteiger partial charge < -0.3 is 10.2 Å². The first kappa shape index (κ1) is 10.9. The van der Waals surface area contributed by atoms with Gasteiger partial charge in [-0.05, 0) is 31.9 Å². The van der Waals surface area contributed by atoms with Gasteiger partial charge in [0, 0.05) is 19.6 Å². The summed E-state index contributed by atoms with van der Waals surface area (Å²) in [4.78, 5) is 17.9. The third-order valence-electron chi connectivity index (χ3n) is 2.78. The smallest absolute Gasteiger partial charge is 0.272 e. The summed E-state index contributed by atoms with van der Waals surface area (Å²) in [6, 6.07) is 4.10. The van der Waals surface area contributed by atoms with Crippen LogP contribution in [0.4, 0.5) is 5.69 Å². The molecule has 0 atom stereocenters. The molecule has 1 aromatic heterocycles. The van der Waals surface area contributed by atoms with E-state index in [4.69, 9.17) is 0 Å². The number of carbonyl (C=O) groups is 1. The van der Waals surface area contributed by atoms with Crippen LogP contribution < -0.4 is 5.32 Å². The summed E-state index contributed by atoms with van der Waals surface area (Å²) in [5.41, 5.74) is 1.48. The van der Waals surface area contributed by atoms with Gasteiger partial charge in [-0.1, -0.05) is 0 Å². The van der Waals surface area contributed by atoms with Crippen LogP contribution in [0.15, 0.2) is 18.3 Å². The second-order valence-corrected chi connectivity index (χ2v) is 4.11. The van der Waals surface area contributed by atoms with E-state index in [1.54, 1.807) is 17.2 Å². The third kappa shape index (κ3) is 2.32. The molecule has 2 rings (SSSR count). The molecule has 1 aromatic rings. The zero-order chi connectivity index (χ0) is 11.5. The molecule has 1 fully saturated rings.